The fraction of sp³-hybridized carbons (Fsp3) is 0.231. The molecule has 1 aromatic carbocycles. The molecule has 0 spiro atoms. The fourth-order valence-electron chi connectivity index (χ4n) is 1.63. The zero-order valence-electron chi connectivity index (χ0n) is 9.90. The van der Waals surface area contributed by atoms with Crippen LogP contribution in [-0.2, 0) is 6.54 Å². The number of aromatic nitrogens is 2. The maximum Gasteiger partial charge on any atom is 0.126 e. The molecule has 0 amide bonds. The molecular formula is C13H13F2N3. The van der Waals surface area contributed by atoms with Gasteiger partial charge in [-0.2, -0.15) is 10.2 Å². The van der Waals surface area contributed by atoms with Gasteiger partial charge in [0.1, 0.15) is 11.6 Å². The predicted molar refractivity (Wildman–Crippen MR) is 63.6 cm³/mol. The van der Waals surface area contributed by atoms with Gasteiger partial charge in [0.25, 0.3) is 0 Å². The summed E-state index contributed by atoms with van der Waals surface area (Å²) in [7, 11) is 0. The number of rotatable bonds is 4. The van der Waals surface area contributed by atoms with E-state index in [1.807, 2.05) is 13.0 Å². The zero-order chi connectivity index (χ0) is 13.0. The van der Waals surface area contributed by atoms with Crippen LogP contribution in [0.15, 0.2) is 36.5 Å². The quantitative estimate of drug-likeness (QED) is 0.905. The van der Waals surface area contributed by atoms with Gasteiger partial charge < -0.3 is 5.32 Å². The highest BCUT2D eigenvalue weighted by molar-refractivity contribution is 5.21. The topological polar surface area (TPSA) is 37.8 Å². The molecule has 0 saturated heterocycles. The lowest BCUT2D eigenvalue weighted by Gasteiger charge is -2.14. The summed E-state index contributed by atoms with van der Waals surface area (Å²) in [6, 6.07) is 6.94. The van der Waals surface area contributed by atoms with E-state index in [0.717, 1.165) is 11.8 Å². The normalized spacial score (nSPS) is 12.4. The average Bonchev–Trinajstić information content (AvgIpc) is 2.36. The summed E-state index contributed by atoms with van der Waals surface area (Å²) in [5.74, 6) is -1.14. The van der Waals surface area contributed by atoms with E-state index in [1.54, 1.807) is 12.3 Å². The number of halogens is 2. The van der Waals surface area contributed by atoms with E-state index in [0.29, 0.717) is 12.1 Å². The van der Waals surface area contributed by atoms with Crippen molar-refractivity contribution in [3.8, 4) is 0 Å². The molecule has 1 aromatic heterocycles. The number of benzene rings is 1. The van der Waals surface area contributed by atoms with Gasteiger partial charge in [-0.1, -0.05) is 0 Å². The maximum absolute atomic E-state index is 13.1. The summed E-state index contributed by atoms with van der Waals surface area (Å²) < 4.78 is 26.1. The van der Waals surface area contributed by atoms with Crippen LogP contribution in [0.1, 0.15) is 24.2 Å². The zero-order valence-corrected chi connectivity index (χ0v) is 9.90. The van der Waals surface area contributed by atoms with E-state index in [1.165, 1.54) is 12.1 Å². The monoisotopic (exact) mass is 249 g/mol. The molecule has 0 radical (unpaired) electrons. The third-order valence-electron chi connectivity index (χ3n) is 2.60. The Labute approximate surface area is 104 Å². The van der Waals surface area contributed by atoms with Gasteiger partial charge in [0.05, 0.1) is 5.69 Å². The minimum atomic E-state index is -0.571. The van der Waals surface area contributed by atoms with Crippen LogP contribution in [-0.4, -0.2) is 10.2 Å². The molecule has 0 fully saturated rings. The van der Waals surface area contributed by atoms with Crippen molar-refractivity contribution in [1.29, 1.82) is 0 Å². The molecular weight excluding hydrogens is 236 g/mol. The van der Waals surface area contributed by atoms with Crippen molar-refractivity contribution in [3.05, 3.63) is 59.4 Å². The van der Waals surface area contributed by atoms with E-state index >= 15 is 0 Å². The second-order valence-electron chi connectivity index (χ2n) is 4.02. The van der Waals surface area contributed by atoms with Crippen LogP contribution in [0.4, 0.5) is 8.78 Å². The molecule has 1 unspecified atom stereocenters. The van der Waals surface area contributed by atoms with Gasteiger partial charge >= 0.3 is 0 Å². The molecule has 1 heterocycles. The van der Waals surface area contributed by atoms with Crippen molar-refractivity contribution in [3.63, 3.8) is 0 Å². The molecule has 3 nitrogen and oxygen atoms in total. The summed E-state index contributed by atoms with van der Waals surface area (Å²) in [6.07, 6.45) is 1.59. The van der Waals surface area contributed by atoms with Crippen LogP contribution in [0.5, 0.6) is 0 Å². The summed E-state index contributed by atoms with van der Waals surface area (Å²) in [4.78, 5) is 0. The second kappa shape index (κ2) is 5.64. The minimum Gasteiger partial charge on any atom is -0.304 e. The van der Waals surface area contributed by atoms with E-state index in [4.69, 9.17) is 0 Å². The Hall–Kier alpha value is -1.88. The molecule has 0 bridgehead atoms. The molecule has 1 atom stereocenters. The average molecular weight is 249 g/mol. The first-order valence-electron chi connectivity index (χ1n) is 5.61. The van der Waals surface area contributed by atoms with Gasteiger partial charge in [0.2, 0.25) is 0 Å². The first-order chi connectivity index (χ1) is 8.65. The first-order valence-corrected chi connectivity index (χ1v) is 5.61. The third-order valence-corrected chi connectivity index (χ3v) is 2.60. The Balaban J connectivity index is 2.01. The van der Waals surface area contributed by atoms with Crippen LogP contribution >= 0.6 is 0 Å². The predicted octanol–water partition coefficient (Wildman–Crippen LogP) is 2.61. The van der Waals surface area contributed by atoms with E-state index in [2.05, 4.69) is 15.5 Å². The number of nitrogens with one attached hydrogen (secondary N) is 1. The molecule has 94 valence electrons. The molecule has 1 N–H and O–H groups in total. The summed E-state index contributed by atoms with van der Waals surface area (Å²) in [5.41, 5.74) is 1.35. The van der Waals surface area contributed by atoms with Gasteiger partial charge in [0, 0.05) is 24.8 Å². The van der Waals surface area contributed by atoms with Crippen molar-refractivity contribution >= 4 is 0 Å². The summed E-state index contributed by atoms with van der Waals surface area (Å²) >= 11 is 0. The molecule has 2 aromatic rings. The van der Waals surface area contributed by atoms with Gasteiger partial charge in [-0.25, -0.2) is 8.78 Å². The Kier molecular flexibility index (Phi) is 3.94. The Bertz CT molecular complexity index is 497. The summed E-state index contributed by atoms with van der Waals surface area (Å²) in [6.45, 7) is 2.33. The largest absolute Gasteiger partial charge is 0.304 e. The van der Waals surface area contributed by atoms with Crippen molar-refractivity contribution in [1.82, 2.24) is 15.5 Å². The van der Waals surface area contributed by atoms with Crippen LogP contribution in [0.3, 0.4) is 0 Å². The number of hydrogen-bond acceptors (Lipinski definition) is 3. The summed E-state index contributed by atoms with van der Waals surface area (Å²) in [5, 5.41) is 10.8. The Morgan fingerprint density at radius 3 is 2.56 bits per heavy atom. The van der Waals surface area contributed by atoms with Crippen molar-refractivity contribution in [2.24, 2.45) is 0 Å². The van der Waals surface area contributed by atoms with Crippen LogP contribution < -0.4 is 5.32 Å². The van der Waals surface area contributed by atoms with Gasteiger partial charge in [-0.3, -0.25) is 0 Å². The number of hydrogen-bond donors (Lipinski definition) is 1. The molecule has 0 aliphatic carbocycles. The van der Waals surface area contributed by atoms with Crippen molar-refractivity contribution in [2.75, 3.05) is 0 Å². The molecule has 5 heteroatoms. The highest BCUT2D eigenvalue weighted by Crippen LogP contribution is 2.16. The lowest BCUT2D eigenvalue weighted by molar-refractivity contribution is 0.540. The van der Waals surface area contributed by atoms with Gasteiger partial charge in [0.15, 0.2) is 0 Å². The lowest BCUT2D eigenvalue weighted by Crippen LogP contribution is -2.19. The number of nitrogens with zero attached hydrogens (tertiary/aromatic N) is 2. The van der Waals surface area contributed by atoms with Crippen molar-refractivity contribution in [2.45, 2.75) is 19.5 Å². The van der Waals surface area contributed by atoms with Gasteiger partial charge in [-0.15, -0.1) is 0 Å². The lowest BCUT2D eigenvalue weighted by atomic mass is 10.1. The second-order valence-corrected chi connectivity index (χ2v) is 4.02. The maximum atomic E-state index is 13.1. The third kappa shape index (κ3) is 3.30. The van der Waals surface area contributed by atoms with E-state index in [-0.39, 0.29) is 6.04 Å². The van der Waals surface area contributed by atoms with Gasteiger partial charge in [-0.05, 0) is 36.8 Å². The molecule has 2 rings (SSSR count). The minimum absolute atomic E-state index is 0.169. The van der Waals surface area contributed by atoms with Crippen molar-refractivity contribution < 1.29 is 8.78 Å². The Morgan fingerprint density at radius 1 is 1.22 bits per heavy atom. The molecule has 0 saturated carbocycles. The van der Waals surface area contributed by atoms with E-state index in [9.17, 15) is 8.78 Å². The first kappa shape index (κ1) is 12.6. The SMILES string of the molecule is CC(NCc1cccnn1)c1cc(F)cc(F)c1. The van der Waals surface area contributed by atoms with Crippen LogP contribution in [0.2, 0.25) is 0 Å². The van der Waals surface area contributed by atoms with E-state index < -0.39 is 11.6 Å². The Morgan fingerprint density at radius 2 is 1.94 bits per heavy atom. The molecule has 0 aliphatic heterocycles. The molecule has 18 heavy (non-hydrogen) atoms. The standard InChI is InChI=1S/C13H13F2N3/c1-9(10-5-11(14)7-12(15)6-10)16-8-13-3-2-4-17-18-13/h2-7,9,16H,8H2,1H3. The highest BCUT2D eigenvalue weighted by Gasteiger charge is 2.08. The smallest absolute Gasteiger partial charge is 0.126 e. The fourth-order valence-corrected chi connectivity index (χ4v) is 1.63. The highest BCUT2D eigenvalue weighted by atomic mass is 19.1. The van der Waals surface area contributed by atoms with Crippen LogP contribution in [0.25, 0.3) is 0 Å². The van der Waals surface area contributed by atoms with Crippen LogP contribution in [0, 0.1) is 11.6 Å². The molecule has 0 aliphatic rings.